The molecule has 0 atom stereocenters. The van der Waals surface area contributed by atoms with Crippen LogP contribution in [0.5, 0.6) is 0 Å². The number of anilines is 5. The zero-order valence-corrected chi connectivity index (χ0v) is 57.5. The standard InChI is InChI=1S/C28H31N3O3.C24H23N3O3.C23H21BrN2O3.Na/c1-28(2,3)34-27(33)24-13-12-23(31-14-8-5-9-15-31)17-25(24)30-26(32)22-16-21(18-29-19-22)20-10-6-4-7-11-20;28-23(19-13-18(15-25-16-19)17-7-3-1-4-8-17)26-22-14-20(9-10-21(22)24(29)30)27-11-5-2-6-12-27;1-23(2,3)29-22(28)19-10-9-18(24)12-20(19)26-21(27)17-11-16(13-25-14-17)15-7-5-4-6-8-15;/h4,6-7,10-13,16-19H,5,8-9,14-15H2,1-3H3,(H,30,32);1,3-4,7-10,13-16H,2,5-6,11-12H2,(H,26,28)(H,29,30);4-14H,1-3H3,(H,26,27);/q;;;+1/p-1. The van der Waals surface area contributed by atoms with E-state index in [9.17, 15) is 33.9 Å². The molecule has 0 radical (unpaired) electrons. The van der Waals surface area contributed by atoms with Gasteiger partial charge in [0.05, 0.1) is 50.8 Å². The summed E-state index contributed by atoms with van der Waals surface area (Å²) in [6.07, 6.45) is 16.5. The summed E-state index contributed by atoms with van der Waals surface area (Å²) in [6, 6.07) is 50.0. The summed E-state index contributed by atoms with van der Waals surface area (Å²) in [7, 11) is 0. The van der Waals surface area contributed by atoms with E-state index in [4.69, 9.17) is 9.47 Å². The Morgan fingerprint density at radius 1 is 0.404 bits per heavy atom. The fraction of sp³-hybridized carbons (Fsp3) is 0.240. The molecule has 0 spiro atoms. The van der Waals surface area contributed by atoms with Crippen LogP contribution in [0.2, 0.25) is 0 Å². The molecule has 9 aromatic rings. The first-order valence-electron chi connectivity index (χ1n) is 30.9. The van der Waals surface area contributed by atoms with Gasteiger partial charge >= 0.3 is 41.5 Å². The number of carbonyl (C=O) groups is 6. The first-order chi connectivity index (χ1) is 44.6. The van der Waals surface area contributed by atoms with Crippen molar-refractivity contribution < 1.29 is 72.9 Å². The van der Waals surface area contributed by atoms with Gasteiger partial charge in [-0.1, -0.05) is 107 Å². The fourth-order valence-electron chi connectivity index (χ4n) is 10.4. The van der Waals surface area contributed by atoms with E-state index in [1.807, 2.05) is 124 Å². The van der Waals surface area contributed by atoms with Crippen LogP contribution < -0.4 is 60.4 Å². The number of aromatic carboxylic acids is 1. The molecule has 476 valence electrons. The Hall–Kier alpha value is -9.33. The number of pyridine rings is 3. The molecule has 94 heavy (non-hydrogen) atoms. The van der Waals surface area contributed by atoms with Crippen LogP contribution in [0.15, 0.2) is 205 Å². The summed E-state index contributed by atoms with van der Waals surface area (Å²) in [6.45, 7) is 14.6. The number of halogens is 1. The predicted molar refractivity (Wildman–Crippen MR) is 367 cm³/mol. The normalized spacial score (nSPS) is 12.8. The van der Waals surface area contributed by atoms with Gasteiger partial charge in [-0.05, 0) is 170 Å². The van der Waals surface area contributed by atoms with E-state index in [0.717, 1.165) is 101 Å². The third-order valence-corrected chi connectivity index (χ3v) is 15.4. The second-order valence-electron chi connectivity index (χ2n) is 24.4. The molecule has 3 N–H and O–H groups in total. The van der Waals surface area contributed by atoms with Crippen molar-refractivity contribution in [3.63, 3.8) is 0 Å². The molecule has 3 aromatic heterocycles. The van der Waals surface area contributed by atoms with Gasteiger partial charge < -0.3 is 45.1 Å². The Morgan fingerprint density at radius 3 is 1.06 bits per heavy atom. The van der Waals surface area contributed by atoms with Crippen molar-refractivity contribution >= 4 is 80.0 Å². The Labute approximate surface area is 579 Å². The number of benzene rings is 6. The average Bonchev–Trinajstić information content (AvgIpc) is 0.841. The molecule has 0 aliphatic carbocycles. The first-order valence-corrected chi connectivity index (χ1v) is 31.6. The van der Waals surface area contributed by atoms with Crippen molar-refractivity contribution in [3.05, 3.63) is 239 Å². The summed E-state index contributed by atoms with van der Waals surface area (Å²) < 4.78 is 11.8. The second kappa shape index (κ2) is 33.0. The quantitative estimate of drug-likeness (QED) is 0.0680. The SMILES string of the molecule is CC(C)(C)OC(=O)c1ccc(Br)cc1NC(=O)c1cncc(-c2ccccc2)c1.CC(C)(C)OC(=O)c1ccc(N2CCCCC2)cc1NC(=O)c1cncc(-c2ccccc2)c1.O=C(Nc1cc(N2CCCCC2)ccc1C(=O)[O-])c1cncc(-c2ccccc2)c1.[Na+]. The molecule has 2 aliphatic heterocycles. The van der Waals surface area contributed by atoms with E-state index in [2.05, 4.69) is 56.6 Å². The Bertz CT molecular complexity index is 4120. The summed E-state index contributed by atoms with van der Waals surface area (Å²) in [5.74, 6) is -3.41. The van der Waals surface area contributed by atoms with Gasteiger partial charge in [-0.2, -0.15) is 0 Å². The number of hydrogen-bond acceptors (Lipinski definition) is 14. The predicted octanol–water partition coefficient (Wildman–Crippen LogP) is 12.0. The van der Waals surface area contributed by atoms with Crippen molar-refractivity contribution in [1.82, 2.24) is 15.0 Å². The zero-order valence-electron chi connectivity index (χ0n) is 53.9. The van der Waals surface area contributed by atoms with Gasteiger partial charge in [-0.3, -0.25) is 29.3 Å². The summed E-state index contributed by atoms with van der Waals surface area (Å²) in [5.41, 5.74) is 8.74. The molecular weight excluding hydrogens is 1260 g/mol. The van der Waals surface area contributed by atoms with Crippen LogP contribution in [-0.4, -0.2) is 88.0 Å². The Morgan fingerprint density at radius 2 is 0.723 bits per heavy atom. The molecule has 0 unspecified atom stereocenters. The maximum atomic E-state index is 13.2. The maximum absolute atomic E-state index is 13.2. The number of carboxylic acids is 1. The first kappa shape index (κ1) is 70.5. The number of piperidine rings is 2. The number of amides is 3. The Balaban J connectivity index is 0.000000181. The number of nitrogens with zero attached hydrogens (tertiary/aromatic N) is 5. The summed E-state index contributed by atoms with van der Waals surface area (Å²) in [5, 5.41) is 20.1. The van der Waals surface area contributed by atoms with Gasteiger partial charge in [0, 0.05) is 101 Å². The van der Waals surface area contributed by atoms with Crippen LogP contribution in [0.1, 0.15) is 142 Å². The molecule has 6 aromatic carbocycles. The van der Waals surface area contributed by atoms with E-state index in [-0.39, 0.29) is 58.2 Å². The molecular formula is C75H74BrN8NaO9. The van der Waals surface area contributed by atoms with E-state index in [0.29, 0.717) is 33.6 Å². The molecule has 0 bridgehead atoms. The van der Waals surface area contributed by atoms with Crippen molar-refractivity contribution in [2.45, 2.75) is 91.3 Å². The van der Waals surface area contributed by atoms with E-state index in [1.54, 1.807) is 94.0 Å². The molecule has 2 fully saturated rings. The third kappa shape index (κ3) is 20.1. The minimum absolute atomic E-state index is 0. The van der Waals surface area contributed by atoms with Crippen molar-refractivity contribution in [2.24, 2.45) is 0 Å². The smallest absolute Gasteiger partial charge is 0.545 e. The number of nitrogens with one attached hydrogen (secondary N) is 3. The van der Waals surface area contributed by atoms with Crippen LogP contribution >= 0.6 is 15.9 Å². The average molecular weight is 1330 g/mol. The van der Waals surface area contributed by atoms with Crippen LogP contribution in [0, 0.1) is 0 Å². The van der Waals surface area contributed by atoms with Gasteiger partial charge in [0.25, 0.3) is 17.7 Å². The Kier molecular flexibility index (Phi) is 24.8. The number of carboxylic acid groups (broad SMARTS) is 1. The van der Waals surface area contributed by atoms with Crippen LogP contribution in [0.4, 0.5) is 28.4 Å². The van der Waals surface area contributed by atoms with Gasteiger partial charge in [0.2, 0.25) is 0 Å². The minimum Gasteiger partial charge on any atom is -0.545 e. The van der Waals surface area contributed by atoms with Gasteiger partial charge in [-0.25, -0.2) is 9.59 Å². The second-order valence-corrected chi connectivity index (χ2v) is 25.3. The van der Waals surface area contributed by atoms with Gasteiger partial charge in [-0.15, -0.1) is 0 Å². The monoisotopic (exact) mass is 1330 g/mol. The number of rotatable bonds is 14. The topological polar surface area (TPSA) is 225 Å². The van der Waals surface area contributed by atoms with Crippen LogP contribution in [-0.2, 0) is 9.47 Å². The number of aromatic nitrogens is 3. The van der Waals surface area contributed by atoms with E-state index < -0.39 is 35.0 Å². The molecule has 2 aliphatic rings. The molecule has 3 amide bonds. The molecule has 17 nitrogen and oxygen atoms in total. The van der Waals surface area contributed by atoms with Crippen molar-refractivity contribution in [2.75, 3.05) is 51.9 Å². The fourth-order valence-corrected chi connectivity index (χ4v) is 10.8. The van der Waals surface area contributed by atoms with Crippen LogP contribution in [0.3, 0.4) is 0 Å². The van der Waals surface area contributed by atoms with Crippen LogP contribution in [0.25, 0.3) is 33.4 Å². The largest absolute Gasteiger partial charge is 1.00 e. The molecule has 5 heterocycles. The number of hydrogen-bond donors (Lipinski definition) is 3. The van der Waals surface area contributed by atoms with Crippen molar-refractivity contribution in [3.8, 4) is 33.4 Å². The maximum Gasteiger partial charge on any atom is 1.00 e. The van der Waals surface area contributed by atoms with Crippen molar-refractivity contribution in [1.29, 1.82) is 0 Å². The number of ether oxygens (including phenoxy) is 2. The third-order valence-electron chi connectivity index (χ3n) is 15.0. The van der Waals surface area contributed by atoms with Gasteiger partial charge in [0.1, 0.15) is 11.2 Å². The zero-order chi connectivity index (χ0) is 66.1. The number of esters is 2. The van der Waals surface area contributed by atoms with E-state index in [1.165, 1.54) is 37.5 Å². The van der Waals surface area contributed by atoms with Gasteiger partial charge in [0.15, 0.2) is 0 Å². The summed E-state index contributed by atoms with van der Waals surface area (Å²) in [4.78, 5) is 93.1. The minimum atomic E-state index is -1.33. The molecule has 0 saturated carbocycles. The van der Waals surface area contributed by atoms with E-state index >= 15 is 0 Å². The summed E-state index contributed by atoms with van der Waals surface area (Å²) >= 11 is 3.38. The molecule has 11 rings (SSSR count). The molecule has 2 saturated heterocycles. The number of carbonyl (C=O) groups excluding carboxylic acids is 6. The molecule has 19 heteroatoms.